The van der Waals surface area contributed by atoms with Crippen LogP contribution in [0.4, 0.5) is 0 Å². The number of H-pyrrole nitrogens is 1. The predicted molar refractivity (Wildman–Crippen MR) is 109 cm³/mol. The summed E-state index contributed by atoms with van der Waals surface area (Å²) in [5, 5.41) is 17.5. The fourth-order valence-corrected chi connectivity index (χ4v) is 4.52. The van der Waals surface area contributed by atoms with Crippen molar-refractivity contribution in [2.24, 2.45) is 0 Å². The van der Waals surface area contributed by atoms with Crippen molar-refractivity contribution in [3.8, 4) is 0 Å². The highest BCUT2D eigenvalue weighted by molar-refractivity contribution is 7.90. The summed E-state index contributed by atoms with van der Waals surface area (Å²) in [6.07, 6.45) is 3.69. The Bertz CT molecular complexity index is 1340. The number of nitrogens with one attached hydrogen (secondary N) is 1. The fraction of sp³-hybridized carbons (Fsp3) is 0. The normalized spacial score (nSPS) is 12.4. The summed E-state index contributed by atoms with van der Waals surface area (Å²) >= 11 is 6.08. The molecule has 0 saturated carbocycles. The van der Waals surface area contributed by atoms with Crippen molar-refractivity contribution in [3.05, 3.63) is 89.3 Å². The standard InChI is InChI=1S/C20H14ClN3O4S/c21-13-6-7-18-15(10-13)16(19(25)11-20(26)17-8-9-22-23-17)12-24(18)29(27,28)14-4-2-1-3-5-14/h1-12,25H,(H,22,23). The summed E-state index contributed by atoms with van der Waals surface area (Å²) in [5.74, 6) is -0.896. The average Bonchev–Trinajstić information content (AvgIpc) is 3.37. The molecule has 0 aliphatic carbocycles. The van der Waals surface area contributed by atoms with Crippen LogP contribution in [-0.4, -0.2) is 33.5 Å². The molecule has 0 unspecified atom stereocenters. The molecule has 4 rings (SSSR count). The second-order valence-corrected chi connectivity index (χ2v) is 8.43. The van der Waals surface area contributed by atoms with Crippen molar-refractivity contribution in [3.63, 3.8) is 0 Å². The summed E-state index contributed by atoms with van der Waals surface area (Å²) < 4.78 is 27.3. The van der Waals surface area contributed by atoms with Gasteiger partial charge in [-0.15, -0.1) is 0 Å². The number of aromatic amines is 1. The molecule has 146 valence electrons. The Labute approximate surface area is 170 Å². The number of aliphatic hydroxyl groups is 1. The van der Waals surface area contributed by atoms with Gasteiger partial charge in [-0.25, -0.2) is 12.4 Å². The molecule has 0 fully saturated rings. The third-order valence-electron chi connectivity index (χ3n) is 4.34. The zero-order valence-corrected chi connectivity index (χ0v) is 16.4. The molecule has 0 atom stereocenters. The minimum atomic E-state index is -3.93. The number of benzene rings is 2. The molecule has 2 aromatic carbocycles. The quantitative estimate of drug-likeness (QED) is 0.284. The van der Waals surface area contributed by atoms with Gasteiger partial charge >= 0.3 is 0 Å². The van der Waals surface area contributed by atoms with Crippen LogP contribution in [0.5, 0.6) is 0 Å². The summed E-state index contributed by atoms with van der Waals surface area (Å²) in [6.45, 7) is 0. The molecule has 0 radical (unpaired) electrons. The van der Waals surface area contributed by atoms with Gasteiger partial charge in [0.25, 0.3) is 10.0 Å². The highest BCUT2D eigenvalue weighted by Crippen LogP contribution is 2.31. The molecule has 0 spiro atoms. The van der Waals surface area contributed by atoms with E-state index >= 15 is 0 Å². The van der Waals surface area contributed by atoms with Crippen LogP contribution in [0.25, 0.3) is 16.7 Å². The van der Waals surface area contributed by atoms with E-state index in [0.717, 1.165) is 10.0 Å². The van der Waals surface area contributed by atoms with Crippen LogP contribution in [-0.2, 0) is 10.0 Å². The van der Waals surface area contributed by atoms with E-state index in [4.69, 9.17) is 11.6 Å². The maximum absolute atomic E-state index is 13.1. The molecule has 4 aromatic rings. The van der Waals surface area contributed by atoms with E-state index in [2.05, 4.69) is 10.2 Å². The van der Waals surface area contributed by atoms with E-state index in [1.54, 1.807) is 30.3 Å². The van der Waals surface area contributed by atoms with E-state index in [0.29, 0.717) is 15.9 Å². The lowest BCUT2D eigenvalue weighted by Crippen LogP contribution is -2.11. The zero-order chi connectivity index (χ0) is 20.6. The average molecular weight is 428 g/mol. The Morgan fingerprint density at radius 3 is 2.59 bits per heavy atom. The smallest absolute Gasteiger partial charge is 0.268 e. The summed E-state index contributed by atoms with van der Waals surface area (Å²) in [6, 6.07) is 14.0. The highest BCUT2D eigenvalue weighted by Gasteiger charge is 2.23. The number of aliphatic hydroxyl groups excluding tert-OH is 1. The van der Waals surface area contributed by atoms with Crippen molar-refractivity contribution >= 4 is 44.1 Å². The molecule has 2 heterocycles. The van der Waals surface area contributed by atoms with Gasteiger partial charge in [0, 0.05) is 34.4 Å². The summed E-state index contributed by atoms with van der Waals surface area (Å²) in [7, 11) is -3.93. The lowest BCUT2D eigenvalue weighted by molar-refractivity contribution is 0.104. The number of carbonyl (C=O) groups is 1. The number of aromatic nitrogens is 3. The predicted octanol–water partition coefficient (Wildman–Crippen LogP) is 4.04. The number of hydrogen-bond acceptors (Lipinski definition) is 5. The number of ketones is 1. The van der Waals surface area contributed by atoms with Gasteiger partial charge in [-0.3, -0.25) is 9.89 Å². The first kappa shape index (κ1) is 19.0. The molecule has 0 bridgehead atoms. The topological polar surface area (TPSA) is 105 Å². The number of rotatable bonds is 5. The van der Waals surface area contributed by atoms with Crippen LogP contribution < -0.4 is 0 Å². The Morgan fingerprint density at radius 2 is 1.90 bits per heavy atom. The van der Waals surface area contributed by atoms with Crippen molar-refractivity contribution < 1.29 is 18.3 Å². The molecule has 9 heteroatoms. The van der Waals surface area contributed by atoms with Crippen molar-refractivity contribution in [1.82, 2.24) is 14.2 Å². The molecule has 0 aliphatic heterocycles. The SMILES string of the molecule is O=C(C=C(O)c1cn(S(=O)(=O)c2ccccc2)c2ccc(Cl)cc12)c1ccn[nH]1. The van der Waals surface area contributed by atoms with Crippen LogP contribution in [0, 0.1) is 0 Å². The second kappa shape index (κ2) is 7.23. The van der Waals surface area contributed by atoms with Gasteiger partial charge in [-0.1, -0.05) is 29.8 Å². The maximum Gasteiger partial charge on any atom is 0.268 e. The fourth-order valence-electron chi connectivity index (χ4n) is 2.95. The number of nitrogens with zero attached hydrogens (tertiary/aromatic N) is 2. The van der Waals surface area contributed by atoms with Crippen LogP contribution in [0.3, 0.4) is 0 Å². The number of hydrogen-bond donors (Lipinski definition) is 2. The van der Waals surface area contributed by atoms with E-state index in [-0.39, 0.29) is 21.9 Å². The monoisotopic (exact) mass is 427 g/mol. The first-order valence-corrected chi connectivity index (χ1v) is 10.3. The van der Waals surface area contributed by atoms with E-state index in [9.17, 15) is 18.3 Å². The summed E-state index contributed by atoms with van der Waals surface area (Å²) in [5.41, 5.74) is 0.673. The van der Waals surface area contributed by atoms with Crippen LogP contribution in [0.1, 0.15) is 16.1 Å². The highest BCUT2D eigenvalue weighted by atomic mass is 35.5. The Balaban J connectivity index is 1.90. The van der Waals surface area contributed by atoms with Gasteiger partial charge < -0.3 is 5.11 Å². The molecule has 29 heavy (non-hydrogen) atoms. The molecule has 0 saturated heterocycles. The van der Waals surface area contributed by atoms with E-state index in [1.165, 1.54) is 36.7 Å². The van der Waals surface area contributed by atoms with E-state index in [1.807, 2.05) is 0 Å². The van der Waals surface area contributed by atoms with Crippen molar-refractivity contribution in [2.75, 3.05) is 0 Å². The first-order chi connectivity index (χ1) is 13.9. The van der Waals surface area contributed by atoms with Gasteiger partial charge in [0.2, 0.25) is 5.78 Å². The third kappa shape index (κ3) is 3.43. The Kier molecular flexibility index (Phi) is 4.73. The second-order valence-electron chi connectivity index (χ2n) is 6.18. The maximum atomic E-state index is 13.1. The molecule has 0 aliphatic rings. The van der Waals surface area contributed by atoms with Gasteiger partial charge in [0.05, 0.1) is 10.4 Å². The molecule has 0 amide bonds. The molecule has 7 nitrogen and oxygen atoms in total. The molecular formula is C20H14ClN3O4S. The number of allylic oxidation sites excluding steroid dienone is 1. The molecule has 2 N–H and O–H groups in total. The molecular weight excluding hydrogens is 414 g/mol. The van der Waals surface area contributed by atoms with Crippen molar-refractivity contribution in [1.29, 1.82) is 0 Å². The zero-order valence-electron chi connectivity index (χ0n) is 14.8. The van der Waals surface area contributed by atoms with Gasteiger partial charge in [0.15, 0.2) is 0 Å². The van der Waals surface area contributed by atoms with Gasteiger partial charge in [0.1, 0.15) is 11.5 Å². The number of carbonyl (C=O) groups excluding carboxylic acids is 1. The van der Waals surface area contributed by atoms with Gasteiger partial charge in [-0.2, -0.15) is 5.10 Å². The first-order valence-electron chi connectivity index (χ1n) is 8.44. The van der Waals surface area contributed by atoms with Crippen LogP contribution in [0.2, 0.25) is 5.02 Å². The Hall–Kier alpha value is -3.36. The van der Waals surface area contributed by atoms with E-state index < -0.39 is 15.8 Å². The van der Waals surface area contributed by atoms with Gasteiger partial charge in [-0.05, 0) is 36.4 Å². The van der Waals surface area contributed by atoms with Crippen LogP contribution in [0.15, 0.2) is 78.0 Å². The Morgan fingerprint density at radius 1 is 1.14 bits per heavy atom. The minimum Gasteiger partial charge on any atom is -0.507 e. The third-order valence-corrected chi connectivity index (χ3v) is 6.27. The minimum absolute atomic E-state index is 0.0930. The largest absolute Gasteiger partial charge is 0.507 e. The number of fused-ring (bicyclic) bond motifs is 1. The lowest BCUT2D eigenvalue weighted by Gasteiger charge is -2.07. The number of halogens is 1. The molecule has 2 aromatic heterocycles. The summed E-state index contributed by atoms with van der Waals surface area (Å²) in [4.78, 5) is 12.4. The lowest BCUT2D eigenvalue weighted by atomic mass is 10.1. The van der Waals surface area contributed by atoms with Crippen molar-refractivity contribution in [2.45, 2.75) is 4.90 Å². The van der Waals surface area contributed by atoms with Crippen LogP contribution >= 0.6 is 11.6 Å².